The lowest BCUT2D eigenvalue weighted by Crippen LogP contribution is -2.06. The molecule has 0 amide bonds. The van der Waals surface area contributed by atoms with E-state index in [1.165, 1.54) is 11.3 Å². The Kier molecular flexibility index (Phi) is 4.73. The Morgan fingerprint density at radius 3 is 3.00 bits per heavy atom. The summed E-state index contributed by atoms with van der Waals surface area (Å²) in [5.41, 5.74) is 2.56. The van der Waals surface area contributed by atoms with Crippen molar-refractivity contribution in [2.24, 2.45) is 7.05 Å². The van der Waals surface area contributed by atoms with Crippen LogP contribution in [0.2, 0.25) is 0 Å². The highest BCUT2D eigenvalue weighted by Crippen LogP contribution is 2.18. The topological polar surface area (TPSA) is 69.0 Å². The van der Waals surface area contributed by atoms with Crippen molar-refractivity contribution in [3.63, 3.8) is 0 Å². The van der Waals surface area contributed by atoms with Crippen molar-refractivity contribution in [1.29, 1.82) is 0 Å². The number of thiazole rings is 1. The van der Waals surface area contributed by atoms with Gasteiger partial charge in [0.05, 0.1) is 12.3 Å². The number of esters is 1. The van der Waals surface area contributed by atoms with E-state index in [0.717, 1.165) is 17.7 Å². The van der Waals surface area contributed by atoms with E-state index < -0.39 is 0 Å². The molecule has 0 aromatic carbocycles. The van der Waals surface area contributed by atoms with Crippen LogP contribution in [0.1, 0.15) is 35.6 Å². The van der Waals surface area contributed by atoms with Gasteiger partial charge in [0.1, 0.15) is 0 Å². The van der Waals surface area contributed by atoms with E-state index in [0.29, 0.717) is 24.0 Å². The zero-order chi connectivity index (χ0) is 14.5. The number of hydrogen-bond donors (Lipinski definition) is 1. The molecule has 7 heteroatoms. The van der Waals surface area contributed by atoms with E-state index in [-0.39, 0.29) is 5.97 Å². The van der Waals surface area contributed by atoms with Crippen LogP contribution in [0.3, 0.4) is 0 Å². The number of aromatic nitrogens is 3. The van der Waals surface area contributed by atoms with Crippen LogP contribution in [0, 0.1) is 0 Å². The van der Waals surface area contributed by atoms with Crippen LogP contribution in [-0.4, -0.2) is 27.3 Å². The predicted octanol–water partition coefficient (Wildman–Crippen LogP) is 2.23. The maximum atomic E-state index is 11.5. The average molecular weight is 294 g/mol. The highest BCUT2D eigenvalue weighted by atomic mass is 32.1. The summed E-state index contributed by atoms with van der Waals surface area (Å²) < 4.78 is 6.72. The Balaban J connectivity index is 1.99. The van der Waals surface area contributed by atoms with E-state index >= 15 is 0 Å². The van der Waals surface area contributed by atoms with Crippen molar-refractivity contribution in [1.82, 2.24) is 14.8 Å². The van der Waals surface area contributed by atoms with E-state index in [1.807, 2.05) is 17.9 Å². The SMILES string of the molecule is CCOC(=O)c1csc(NCc2cn(C)nc2CC)n1. The molecule has 2 heterocycles. The summed E-state index contributed by atoms with van der Waals surface area (Å²) in [5.74, 6) is -0.382. The number of ether oxygens (including phenoxy) is 1. The number of carbonyl (C=O) groups excluding carboxylic acids is 1. The largest absolute Gasteiger partial charge is 0.461 e. The van der Waals surface area contributed by atoms with Gasteiger partial charge in [0, 0.05) is 30.7 Å². The number of aryl methyl sites for hydroxylation is 2. The zero-order valence-electron chi connectivity index (χ0n) is 11.8. The Morgan fingerprint density at radius 1 is 1.50 bits per heavy atom. The van der Waals surface area contributed by atoms with Gasteiger partial charge in [0.15, 0.2) is 10.8 Å². The zero-order valence-corrected chi connectivity index (χ0v) is 12.7. The van der Waals surface area contributed by atoms with Crippen LogP contribution < -0.4 is 5.32 Å². The van der Waals surface area contributed by atoms with Crippen LogP contribution >= 0.6 is 11.3 Å². The van der Waals surface area contributed by atoms with Crippen molar-refractivity contribution < 1.29 is 9.53 Å². The number of nitrogens with zero attached hydrogens (tertiary/aromatic N) is 3. The predicted molar refractivity (Wildman–Crippen MR) is 78.0 cm³/mol. The molecule has 2 aromatic heterocycles. The minimum atomic E-state index is -0.382. The minimum Gasteiger partial charge on any atom is -0.461 e. The smallest absolute Gasteiger partial charge is 0.357 e. The fraction of sp³-hybridized carbons (Fsp3) is 0.462. The molecule has 20 heavy (non-hydrogen) atoms. The number of anilines is 1. The third-order valence-corrected chi connectivity index (χ3v) is 3.55. The van der Waals surface area contributed by atoms with Crippen LogP contribution in [0.4, 0.5) is 5.13 Å². The fourth-order valence-corrected chi connectivity index (χ4v) is 2.53. The van der Waals surface area contributed by atoms with Crippen LogP contribution in [0.5, 0.6) is 0 Å². The number of nitrogens with one attached hydrogen (secondary N) is 1. The maximum absolute atomic E-state index is 11.5. The van der Waals surface area contributed by atoms with Gasteiger partial charge in [0.2, 0.25) is 0 Å². The quantitative estimate of drug-likeness (QED) is 0.827. The highest BCUT2D eigenvalue weighted by Gasteiger charge is 2.12. The minimum absolute atomic E-state index is 0.348. The number of carbonyl (C=O) groups is 1. The molecule has 0 radical (unpaired) electrons. The van der Waals surface area contributed by atoms with Gasteiger partial charge in [-0.15, -0.1) is 11.3 Å². The van der Waals surface area contributed by atoms with E-state index in [4.69, 9.17) is 4.74 Å². The lowest BCUT2D eigenvalue weighted by molar-refractivity contribution is 0.0520. The first-order chi connectivity index (χ1) is 9.63. The molecule has 0 saturated heterocycles. The van der Waals surface area contributed by atoms with Crippen molar-refractivity contribution in [3.05, 3.63) is 28.5 Å². The Bertz CT molecular complexity index is 591. The summed E-state index contributed by atoms with van der Waals surface area (Å²) in [5, 5.41) is 10.0. The van der Waals surface area contributed by atoms with Crippen LogP contribution in [0.15, 0.2) is 11.6 Å². The van der Waals surface area contributed by atoms with Crippen LogP contribution in [-0.2, 0) is 24.8 Å². The summed E-state index contributed by atoms with van der Waals surface area (Å²) >= 11 is 1.39. The summed E-state index contributed by atoms with van der Waals surface area (Å²) in [6.45, 7) is 4.85. The van der Waals surface area contributed by atoms with Gasteiger partial charge in [-0.3, -0.25) is 4.68 Å². The second kappa shape index (κ2) is 6.51. The molecule has 0 bridgehead atoms. The summed E-state index contributed by atoms with van der Waals surface area (Å²) in [7, 11) is 1.91. The Morgan fingerprint density at radius 2 is 2.30 bits per heavy atom. The Labute approximate surface area is 121 Å². The van der Waals surface area contributed by atoms with Crippen molar-refractivity contribution in [2.45, 2.75) is 26.8 Å². The third kappa shape index (κ3) is 3.36. The van der Waals surface area contributed by atoms with Gasteiger partial charge >= 0.3 is 5.97 Å². The molecule has 0 aliphatic carbocycles. The molecule has 1 N–H and O–H groups in total. The number of rotatable bonds is 6. The molecule has 0 atom stereocenters. The highest BCUT2D eigenvalue weighted by molar-refractivity contribution is 7.13. The lowest BCUT2D eigenvalue weighted by atomic mass is 10.2. The van der Waals surface area contributed by atoms with Gasteiger partial charge in [-0.2, -0.15) is 5.10 Å². The fourth-order valence-electron chi connectivity index (χ4n) is 1.85. The first-order valence-corrected chi connectivity index (χ1v) is 7.39. The second-order valence-corrected chi connectivity index (χ2v) is 5.10. The molecule has 2 aromatic rings. The molecule has 0 aliphatic rings. The summed E-state index contributed by atoms with van der Waals surface area (Å²) in [6.07, 6.45) is 2.88. The third-order valence-electron chi connectivity index (χ3n) is 2.75. The molecule has 0 spiro atoms. The summed E-state index contributed by atoms with van der Waals surface area (Å²) in [4.78, 5) is 15.7. The first-order valence-electron chi connectivity index (χ1n) is 6.52. The molecule has 0 unspecified atom stereocenters. The molecule has 0 aliphatic heterocycles. The van der Waals surface area contributed by atoms with Crippen molar-refractivity contribution in [2.75, 3.05) is 11.9 Å². The van der Waals surface area contributed by atoms with Crippen LogP contribution in [0.25, 0.3) is 0 Å². The van der Waals surface area contributed by atoms with Crippen molar-refractivity contribution >= 4 is 22.4 Å². The lowest BCUT2D eigenvalue weighted by Gasteiger charge is -2.01. The maximum Gasteiger partial charge on any atom is 0.357 e. The molecule has 2 rings (SSSR count). The average Bonchev–Trinajstić information content (AvgIpc) is 3.02. The number of hydrogen-bond acceptors (Lipinski definition) is 6. The normalized spacial score (nSPS) is 10.6. The van der Waals surface area contributed by atoms with Gasteiger partial charge in [0.25, 0.3) is 0 Å². The van der Waals surface area contributed by atoms with Gasteiger partial charge in [-0.25, -0.2) is 9.78 Å². The standard InChI is InChI=1S/C13H18N4O2S/c1-4-10-9(7-17(3)16-10)6-14-13-15-11(8-20-13)12(18)19-5-2/h7-8H,4-6H2,1-3H3,(H,14,15). The van der Waals surface area contributed by atoms with E-state index in [2.05, 4.69) is 22.3 Å². The molecule has 0 saturated carbocycles. The second-order valence-electron chi connectivity index (χ2n) is 4.24. The monoisotopic (exact) mass is 294 g/mol. The van der Waals surface area contributed by atoms with Gasteiger partial charge in [-0.1, -0.05) is 6.92 Å². The van der Waals surface area contributed by atoms with E-state index in [9.17, 15) is 4.79 Å². The molecular formula is C13H18N4O2S. The summed E-state index contributed by atoms with van der Waals surface area (Å²) in [6, 6.07) is 0. The Hall–Kier alpha value is -1.89. The van der Waals surface area contributed by atoms with Crippen molar-refractivity contribution in [3.8, 4) is 0 Å². The molecule has 6 nitrogen and oxygen atoms in total. The molecule has 0 fully saturated rings. The molecular weight excluding hydrogens is 276 g/mol. The van der Waals surface area contributed by atoms with Gasteiger partial charge in [-0.05, 0) is 13.3 Å². The van der Waals surface area contributed by atoms with Gasteiger partial charge < -0.3 is 10.1 Å². The molecule has 108 valence electrons. The first kappa shape index (κ1) is 14.5. The van der Waals surface area contributed by atoms with E-state index in [1.54, 1.807) is 12.3 Å².